The summed E-state index contributed by atoms with van der Waals surface area (Å²) in [5.74, 6) is 0.243. The van der Waals surface area contributed by atoms with Crippen molar-refractivity contribution in [1.29, 1.82) is 0 Å². The molecule has 0 radical (unpaired) electrons. The molecule has 17 heavy (non-hydrogen) atoms. The van der Waals surface area contributed by atoms with Gasteiger partial charge in [0.1, 0.15) is 5.75 Å². The van der Waals surface area contributed by atoms with Crippen molar-refractivity contribution < 1.29 is 5.11 Å². The molecule has 0 fully saturated rings. The fourth-order valence-corrected chi connectivity index (χ4v) is 3.42. The van der Waals surface area contributed by atoms with Gasteiger partial charge < -0.3 is 10.4 Å². The summed E-state index contributed by atoms with van der Waals surface area (Å²) in [6, 6.07) is 8.00. The second-order valence-corrected chi connectivity index (χ2v) is 6.33. The number of nitrogens with one attached hydrogen (secondary N) is 1. The first-order valence-corrected chi connectivity index (χ1v) is 7.53. The highest BCUT2D eigenvalue weighted by atomic mass is 79.9. The molecule has 2 aromatic rings. The van der Waals surface area contributed by atoms with E-state index in [0.29, 0.717) is 8.95 Å². The van der Waals surface area contributed by atoms with Gasteiger partial charge in [0.2, 0.25) is 0 Å². The van der Waals surface area contributed by atoms with Gasteiger partial charge in [-0.05, 0) is 61.0 Å². The number of thiophene rings is 1. The molecule has 0 saturated carbocycles. The molecule has 0 bridgehead atoms. The zero-order valence-corrected chi connectivity index (χ0v) is 12.9. The van der Waals surface area contributed by atoms with Crippen molar-refractivity contribution in [3.8, 4) is 5.75 Å². The van der Waals surface area contributed by atoms with Crippen molar-refractivity contribution in [2.24, 2.45) is 0 Å². The highest BCUT2D eigenvalue weighted by Gasteiger charge is 2.05. The third-order valence-corrected chi connectivity index (χ3v) is 4.37. The van der Waals surface area contributed by atoms with E-state index in [1.165, 1.54) is 4.88 Å². The quantitative estimate of drug-likeness (QED) is 0.835. The van der Waals surface area contributed by atoms with Gasteiger partial charge in [-0.25, -0.2) is 0 Å². The van der Waals surface area contributed by atoms with Crippen LogP contribution in [0.4, 0.5) is 0 Å². The maximum absolute atomic E-state index is 9.59. The zero-order chi connectivity index (χ0) is 12.3. The summed E-state index contributed by atoms with van der Waals surface area (Å²) in [4.78, 5) is 1.32. The highest BCUT2D eigenvalue weighted by Crippen LogP contribution is 2.33. The summed E-state index contributed by atoms with van der Waals surface area (Å²) in [6.07, 6.45) is 0. The van der Waals surface area contributed by atoms with Crippen LogP contribution in [0.2, 0.25) is 0 Å². The van der Waals surface area contributed by atoms with Crippen molar-refractivity contribution in [3.05, 3.63) is 49.0 Å². The van der Waals surface area contributed by atoms with Crippen LogP contribution in [0.15, 0.2) is 38.6 Å². The van der Waals surface area contributed by atoms with E-state index < -0.39 is 0 Å². The number of phenolic OH excluding ortho intramolecular Hbond substituents is 1. The number of hydrogen-bond donors (Lipinski definition) is 2. The molecule has 1 aromatic heterocycles. The molecule has 0 aliphatic carbocycles. The average molecular weight is 377 g/mol. The van der Waals surface area contributed by atoms with Crippen molar-refractivity contribution in [3.63, 3.8) is 0 Å². The molecule has 90 valence electrons. The minimum Gasteiger partial charge on any atom is -0.506 e. The third kappa shape index (κ3) is 3.55. The van der Waals surface area contributed by atoms with E-state index in [4.69, 9.17) is 0 Å². The Labute approximate surface area is 121 Å². The smallest absolute Gasteiger partial charge is 0.143 e. The van der Waals surface area contributed by atoms with Crippen LogP contribution in [0.1, 0.15) is 10.4 Å². The van der Waals surface area contributed by atoms with Crippen LogP contribution in [-0.2, 0) is 13.1 Å². The second-order valence-electron chi connectivity index (χ2n) is 3.59. The average Bonchev–Trinajstić information content (AvgIpc) is 2.79. The van der Waals surface area contributed by atoms with Crippen molar-refractivity contribution in [2.75, 3.05) is 0 Å². The van der Waals surface area contributed by atoms with Crippen LogP contribution in [0.5, 0.6) is 5.75 Å². The maximum Gasteiger partial charge on any atom is 0.143 e. The summed E-state index contributed by atoms with van der Waals surface area (Å²) >= 11 is 8.39. The highest BCUT2D eigenvalue weighted by molar-refractivity contribution is 9.11. The predicted octanol–water partition coefficient (Wildman–Crippen LogP) is 4.27. The van der Waals surface area contributed by atoms with Gasteiger partial charge in [0.25, 0.3) is 0 Å². The van der Waals surface area contributed by atoms with Crippen LogP contribution in [-0.4, -0.2) is 5.11 Å². The molecule has 0 saturated heterocycles. The Morgan fingerprint density at radius 3 is 2.47 bits per heavy atom. The third-order valence-electron chi connectivity index (χ3n) is 2.29. The van der Waals surface area contributed by atoms with Gasteiger partial charge in [0.05, 0.1) is 8.95 Å². The molecule has 2 rings (SSSR count). The van der Waals surface area contributed by atoms with Crippen LogP contribution < -0.4 is 5.32 Å². The van der Waals surface area contributed by atoms with Gasteiger partial charge >= 0.3 is 0 Å². The van der Waals surface area contributed by atoms with Crippen molar-refractivity contribution in [1.82, 2.24) is 5.32 Å². The zero-order valence-electron chi connectivity index (χ0n) is 8.91. The minimum absolute atomic E-state index is 0.243. The van der Waals surface area contributed by atoms with Crippen LogP contribution in [0.25, 0.3) is 0 Å². The van der Waals surface area contributed by atoms with Gasteiger partial charge in [-0.1, -0.05) is 6.07 Å². The first kappa shape index (κ1) is 13.1. The molecular weight excluding hydrogens is 366 g/mol. The lowest BCUT2D eigenvalue weighted by atomic mass is 10.2. The Kier molecular flexibility index (Phi) is 4.62. The molecule has 1 heterocycles. The summed E-state index contributed by atoms with van der Waals surface area (Å²) in [5.41, 5.74) is 1.12. The Morgan fingerprint density at radius 1 is 1.18 bits per heavy atom. The lowest BCUT2D eigenvalue weighted by Crippen LogP contribution is -2.11. The first-order valence-electron chi connectivity index (χ1n) is 5.07. The number of halogens is 2. The monoisotopic (exact) mass is 375 g/mol. The largest absolute Gasteiger partial charge is 0.506 e. The molecule has 0 aliphatic rings. The van der Waals surface area contributed by atoms with E-state index in [1.54, 1.807) is 11.3 Å². The molecule has 1 aromatic carbocycles. The van der Waals surface area contributed by atoms with Gasteiger partial charge in [-0.2, -0.15) is 0 Å². The Morgan fingerprint density at radius 2 is 1.88 bits per heavy atom. The van der Waals surface area contributed by atoms with E-state index >= 15 is 0 Å². The molecule has 0 spiro atoms. The maximum atomic E-state index is 9.59. The summed E-state index contributed by atoms with van der Waals surface area (Å²) in [5, 5.41) is 15.0. The fourth-order valence-electron chi connectivity index (χ4n) is 1.46. The van der Waals surface area contributed by atoms with E-state index in [0.717, 1.165) is 18.7 Å². The molecule has 0 amide bonds. The van der Waals surface area contributed by atoms with E-state index in [1.807, 2.05) is 12.1 Å². The van der Waals surface area contributed by atoms with E-state index in [-0.39, 0.29) is 5.75 Å². The number of hydrogen-bond acceptors (Lipinski definition) is 3. The molecule has 2 nitrogen and oxygen atoms in total. The van der Waals surface area contributed by atoms with Gasteiger partial charge in [0, 0.05) is 18.0 Å². The summed E-state index contributed by atoms with van der Waals surface area (Å²) in [6.45, 7) is 1.64. The molecule has 0 aliphatic heterocycles. The van der Waals surface area contributed by atoms with Crippen LogP contribution in [0.3, 0.4) is 0 Å². The molecule has 0 unspecified atom stereocenters. The molecular formula is C12H11Br2NOS. The summed E-state index contributed by atoms with van der Waals surface area (Å²) in [7, 11) is 0. The normalized spacial score (nSPS) is 10.7. The van der Waals surface area contributed by atoms with E-state index in [2.05, 4.69) is 54.7 Å². The lowest BCUT2D eigenvalue weighted by molar-refractivity contribution is 0.468. The van der Waals surface area contributed by atoms with Gasteiger partial charge in [-0.3, -0.25) is 0 Å². The van der Waals surface area contributed by atoms with Crippen molar-refractivity contribution >= 4 is 43.2 Å². The summed E-state index contributed by atoms with van der Waals surface area (Å²) < 4.78 is 1.42. The molecule has 0 atom stereocenters. The minimum atomic E-state index is 0.243. The Bertz CT molecular complexity index is 476. The number of phenols is 1. The van der Waals surface area contributed by atoms with E-state index in [9.17, 15) is 5.11 Å². The fraction of sp³-hybridized carbons (Fsp3) is 0.167. The Balaban J connectivity index is 1.95. The first-order chi connectivity index (χ1) is 8.16. The molecule has 2 N–H and O–H groups in total. The lowest BCUT2D eigenvalue weighted by Gasteiger charge is -2.07. The topological polar surface area (TPSA) is 32.3 Å². The Hall–Kier alpha value is -0.360. The van der Waals surface area contributed by atoms with Crippen LogP contribution >= 0.6 is 43.2 Å². The SMILES string of the molecule is Oc1c(Br)cc(CNCc2cccs2)cc1Br. The van der Waals surface area contributed by atoms with Gasteiger partial charge in [-0.15, -0.1) is 11.3 Å². The standard InChI is InChI=1S/C12H11Br2NOS/c13-10-4-8(5-11(14)12(10)16)6-15-7-9-2-1-3-17-9/h1-5,15-16H,6-7H2. The number of benzene rings is 1. The number of rotatable bonds is 4. The molecule has 5 heteroatoms. The van der Waals surface area contributed by atoms with Crippen LogP contribution in [0, 0.1) is 0 Å². The number of aromatic hydroxyl groups is 1. The predicted molar refractivity (Wildman–Crippen MR) is 78.4 cm³/mol. The second kappa shape index (κ2) is 6.00. The van der Waals surface area contributed by atoms with Gasteiger partial charge in [0.15, 0.2) is 0 Å². The van der Waals surface area contributed by atoms with Crippen molar-refractivity contribution in [2.45, 2.75) is 13.1 Å².